The Hall–Kier alpha value is -1.39. The molecule has 94 valence electrons. The van der Waals surface area contributed by atoms with Crippen LogP contribution in [0.25, 0.3) is 0 Å². The number of rotatable bonds is 4. The summed E-state index contributed by atoms with van der Waals surface area (Å²) in [5.41, 5.74) is 6.41. The van der Waals surface area contributed by atoms with Crippen LogP contribution in [0.2, 0.25) is 0 Å². The maximum Gasteiger partial charge on any atom is 0.128 e. The zero-order valence-corrected chi connectivity index (χ0v) is 10.5. The smallest absolute Gasteiger partial charge is 0.128 e. The Morgan fingerprint density at radius 3 is 2.56 bits per heavy atom. The zero-order chi connectivity index (χ0) is 13.0. The van der Waals surface area contributed by atoms with Gasteiger partial charge in [-0.1, -0.05) is 24.3 Å². The third-order valence-electron chi connectivity index (χ3n) is 2.53. The molecular formula is C14H13F2NS. The highest BCUT2D eigenvalue weighted by atomic mass is 32.2. The molecule has 0 bridgehead atoms. The molecule has 0 amide bonds. The normalized spacial score (nSPS) is 12.4. The van der Waals surface area contributed by atoms with Crippen LogP contribution < -0.4 is 5.73 Å². The molecule has 0 radical (unpaired) electrons. The van der Waals surface area contributed by atoms with E-state index in [1.807, 2.05) is 6.07 Å². The molecule has 0 aliphatic carbocycles. The van der Waals surface area contributed by atoms with Gasteiger partial charge in [-0.3, -0.25) is 0 Å². The number of thioether (sulfide) groups is 1. The van der Waals surface area contributed by atoms with Gasteiger partial charge in [0.25, 0.3) is 0 Å². The lowest BCUT2D eigenvalue weighted by Gasteiger charge is -2.12. The fraction of sp³-hybridized carbons (Fsp3) is 0.143. The van der Waals surface area contributed by atoms with E-state index in [1.54, 1.807) is 24.3 Å². The molecule has 0 saturated heterocycles. The molecule has 0 heterocycles. The minimum Gasteiger partial charge on any atom is -0.323 e. The topological polar surface area (TPSA) is 26.0 Å². The molecule has 0 fully saturated rings. The molecule has 2 aromatic rings. The predicted molar refractivity (Wildman–Crippen MR) is 70.5 cm³/mol. The first-order chi connectivity index (χ1) is 8.66. The first-order valence-corrected chi connectivity index (χ1v) is 6.54. The summed E-state index contributed by atoms with van der Waals surface area (Å²) in [5.74, 6) is -0.0750. The molecule has 0 aromatic heterocycles. The molecule has 1 atom stereocenters. The van der Waals surface area contributed by atoms with E-state index >= 15 is 0 Å². The molecule has 1 unspecified atom stereocenters. The second kappa shape index (κ2) is 5.98. The van der Waals surface area contributed by atoms with Crippen LogP contribution in [0.3, 0.4) is 0 Å². The average Bonchev–Trinajstić information content (AvgIpc) is 2.37. The highest BCUT2D eigenvalue weighted by molar-refractivity contribution is 7.99. The van der Waals surface area contributed by atoms with Crippen molar-refractivity contribution in [1.29, 1.82) is 0 Å². The molecule has 2 N–H and O–H groups in total. The summed E-state index contributed by atoms with van der Waals surface area (Å²) in [6.07, 6.45) is 0. The Labute approximate surface area is 109 Å². The Morgan fingerprint density at radius 1 is 1.06 bits per heavy atom. The molecule has 1 nitrogen and oxygen atoms in total. The second-order valence-corrected chi connectivity index (χ2v) is 4.99. The monoisotopic (exact) mass is 265 g/mol. The maximum absolute atomic E-state index is 13.5. The van der Waals surface area contributed by atoms with Gasteiger partial charge in [0.2, 0.25) is 0 Å². The van der Waals surface area contributed by atoms with E-state index in [4.69, 9.17) is 5.73 Å². The lowest BCUT2D eigenvalue weighted by molar-refractivity contribution is 0.595. The van der Waals surface area contributed by atoms with Crippen LogP contribution in [0, 0.1) is 11.6 Å². The van der Waals surface area contributed by atoms with Crippen LogP contribution in [0.5, 0.6) is 0 Å². The van der Waals surface area contributed by atoms with E-state index in [-0.39, 0.29) is 11.6 Å². The van der Waals surface area contributed by atoms with E-state index in [0.29, 0.717) is 11.3 Å². The summed E-state index contributed by atoms with van der Waals surface area (Å²) >= 11 is 1.41. The minimum absolute atomic E-state index is 0.278. The van der Waals surface area contributed by atoms with E-state index < -0.39 is 6.04 Å². The Kier molecular flexibility index (Phi) is 4.33. The largest absolute Gasteiger partial charge is 0.323 e. The van der Waals surface area contributed by atoms with E-state index in [1.165, 1.54) is 30.0 Å². The van der Waals surface area contributed by atoms with Crippen molar-refractivity contribution in [3.63, 3.8) is 0 Å². The van der Waals surface area contributed by atoms with Crippen LogP contribution in [0.15, 0.2) is 53.4 Å². The number of halogens is 2. The van der Waals surface area contributed by atoms with Crippen LogP contribution in [-0.2, 0) is 0 Å². The van der Waals surface area contributed by atoms with Gasteiger partial charge in [-0.25, -0.2) is 8.78 Å². The van der Waals surface area contributed by atoms with Gasteiger partial charge < -0.3 is 5.73 Å². The van der Waals surface area contributed by atoms with Gasteiger partial charge in [0.1, 0.15) is 11.6 Å². The highest BCUT2D eigenvalue weighted by Crippen LogP contribution is 2.25. The van der Waals surface area contributed by atoms with Crippen molar-refractivity contribution in [3.8, 4) is 0 Å². The average molecular weight is 265 g/mol. The van der Waals surface area contributed by atoms with Crippen molar-refractivity contribution in [2.45, 2.75) is 10.9 Å². The molecular weight excluding hydrogens is 252 g/mol. The minimum atomic E-state index is -0.403. The summed E-state index contributed by atoms with van der Waals surface area (Å²) in [7, 11) is 0. The first kappa shape index (κ1) is 13.1. The molecule has 0 aliphatic rings. The zero-order valence-electron chi connectivity index (χ0n) is 9.64. The summed E-state index contributed by atoms with van der Waals surface area (Å²) in [6, 6.07) is 12.3. The maximum atomic E-state index is 13.5. The molecule has 0 spiro atoms. The Bertz CT molecular complexity index is 531. The third-order valence-corrected chi connectivity index (χ3v) is 3.64. The van der Waals surface area contributed by atoms with Gasteiger partial charge >= 0.3 is 0 Å². The van der Waals surface area contributed by atoms with Crippen LogP contribution in [0.1, 0.15) is 11.6 Å². The Balaban J connectivity index is 2.00. The van der Waals surface area contributed by atoms with Crippen LogP contribution >= 0.6 is 11.8 Å². The number of nitrogens with two attached hydrogens (primary N) is 1. The highest BCUT2D eigenvalue weighted by Gasteiger charge is 2.11. The molecule has 2 rings (SSSR count). The molecule has 2 aromatic carbocycles. The molecule has 18 heavy (non-hydrogen) atoms. The summed E-state index contributed by atoms with van der Waals surface area (Å²) in [5, 5.41) is 0. The first-order valence-electron chi connectivity index (χ1n) is 5.55. The third kappa shape index (κ3) is 3.31. The van der Waals surface area contributed by atoms with Crippen molar-refractivity contribution >= 4 is 11.8 Å². The van der Waals surface area contributed by atoms with Crippen molar-refractivity contribution in [2.75, 3.05) is 5.75 Å². The van der Waals surface area contributed by atoms with E-state index in [9.17, 15) is 8.78 Å². The molecule has 0 aliphatic heterocycles. The van der Waals surface area contributed by atoms with Crippen molar-refractivity contribution in [3.05, 3.63) is 65.7 Å². The van der Waals surface area contributed by atoms with Gasteiger partial charge in [0.15, 0.2) is 0 Å². The van der Waals surface area contributed by atoms with Gasteiger partial charge in [-0.2, -0.15) is 0 Å². The molecule has 4 heteroatoms. The summed E-state index contributed by atoms with van der Waals surface area (Å²) in [4.78, 5) is 0.793. The van der Waals surface area contributed by atoms with Crippen LogP contribution in [0.4, 0.5) is 8.78 Å². The van der Waals surface area contributed by atoms with Gasteiger partial charge in [0.05, 0.1) is 0 Å². The Morgan fingerprint density at radius 2 is 1.83 bits per heavy atom. The standard InChI is InChI=1S/C14H13F2NS/c15-10-4-3-5-11(8-10)18-9-14(17)12-6-1-2-7-13(12)16/h1-8,14H,9,17H2. The number of hydrogen-bond acceptors (Lipinski definition) is 2. The van der Waals surface area contributed by atoms with Crippen molar-refractivity contribution < 1.29 is 8.78 Å². The predicted octanol–water partition coefficient (Wildman–Crippen LogP) is 3.76. The lowest BCUT2D eigenvalue weighted by Crippen LogP contribution is -2.14. The number of hydrogen-bond donors (Lipinski definition) is 1. The van der Waals surface area contributed by atoms with Crippen molar-refractivity contribution in [2.24, 2.45) is 5.73 Å². The van der Waals surface area contributed by atoms with Gasteiger partial charge in [-0.15, -0.1) is 11.8 Å². The van der Waals surface area contributed by atoms with Gasteiger partial charge in [-0.05, 0) is 24.3 Å². The van der Waals surface area contributed by atoms with Gasteiger partial charge in [0, 0.05) is 22.3 Å². The van der Waals surface area contributed by atoms with Crippen LogP contribution in [-0.4, -0.2) is 5.75 Å². The van der Waals surface area contributed by atoms with E-state index in [0.717, 1.165) is 4.90 Å². The van der Waals surface area contributed by atoms with Crippen molar-refractivity contribution in [1.82, 2.24) is 0 Å². The molecule has 0 saturated carbocycles. The summed E-state index contributed by atoms with van der Waals surface area (Å²) < 4.78 is 26.5. The fourth-order valence-corrected chi connectivity index (χ4v) is 2.53. The second-order valence-electron chi connectivity index (χ2n) is 3.90. The lowest BCUT2D eigenvalue weighted by atomic mass is 10.1. The SMILES string of the molecule is NC(CSc1cccc(F)c1)c1ccccc1F. The summed E-state index contributed by atoms with van der Waals surface area (Å²) in [6.45, 7) is 0. The van der Waals surface area contributed by atoms with E-state index in [2.05, 4.69) is 0 Å². The fourth-order valence-electron chi connectivity index (χ4n) is 1.61. The quantitative estimate of drug-likeness (QED) is 0.852. The number of benzene rings is 2.